The Balaban J connectivity index is 0.447. The second kappa shape index (κ2) is 34.9. The highest BCUT2D eigenvalue weighted by Crippen LogP contribution is 2.52. The van der Waals surface area contributed by atoms with E-state index in [1.165, 1.54) is 156 Å². The Morgan fingerprint density at radius 3 is 0.331 bits per heavy atom. The molecule has 0 saturated carbocycles. The van der Waals surface area contributed by atoms with E-state index in [2.05, 4.69) is 439 Å². The lowest BCUT2D eigenvalue weighted by Crippen LogP contribution is -2.77. The third-order valence-corrected chi connectivity index (χ3v) is 188. The summed E-state index contributed by atoms with van der Waals surface area (Å²) in [4.78, 5) is 44.2. The Kier molecular flexibility index (Phi) is 25.0. The van der Waals surface area contributed by atoms with E-state index >= 15 is 0 Å². The molecular formula is C98H96S20Si9. The van der Waals surface area contributed by atoms with Crippen molar-refractivity contribution < 1.29 is 0 Å². The van der Waals surface area contributed by atoms with Gasteiger partial charge in [0, 0.05) is 177 Å². The maximum absolute atomic E-state index is 2.78. The van der Waals surface area contributed by atoms with Gasteiger partial charge in [0.2, 0.25) is 0 Å². The van der Waals surface area contributed by atoms with Gasteiger partial charge < -0.3 is 0 Å². The van der Waals surface area contributed by atoms with Crippen molar-refractivity contribution in [3.63, 3.8) is 0 Å². The van der Waals surface area contributed by atoms with Gasteiger partial charge in [-0.25, -0.2) is 0 Å². The summed E-state index contributed by atoms with van der Waals surface area (Å²) >= 11 is 39.6. The minimum Gasteiger partial charge on any atom is -0.144 e. The molecule has 20 heterocycles. The fraction of sp³-hybridized carbons (Fsp3) is 0.184. The first-order valence-electron chi connectivity index (χ1n) is 42.5. The largest absolute Gasteiger partial charge is 0.144 e. The quantitative estimate of drug-likeness (QED) is 0.0429. The molecule has 127 heavy (non-hydrogen) atoms. The van der Waals surface area contributed by atoms with Crippen molar-refractivity contribution in [3.8, 4) is 156 Å². The highest BCUT2D eigenvalue weighted by Gasteiger charge is 2.58. The van der Waals surface area contributed by atoms with Crippen molar-refractivity contribution in [2.24, 2.45) is 0 Å². The number of hydrogen-bond donors (Lipinski definition) is 0. The Bertz CT molecular complexity index is 6890. The van der Waals surface area contributed by atoms with Crippen LogP contribution in [0.2, 0.25) is 118 Å². The fourth-order valence-electron chi connectivity index (χ4n) is 17.1. The van der Waals surface area contributed by atoms with Gasteiger partial charge in [0.05, 0.1) is 45.5 Å². The predicted octanol–water partition coefficient (Wildman–Crippen LogP) is 36.8. The summed E-state index contributed by atoms with van der Waals surface area (Å²) in [5, 5.41) is 4.34. The summed E-state index contributed by atoms with van der Waals surface area (Å²) in [6, 6.07) is 95.2. The topological polar surface area (TPSA) is 0 Å². The second-order valence-electron chi connectivity index (χ2n) is 37.5. The smallest absolute Gasteiger partial charge is 0.0844 e. The molecule has 29 heteroatoms. The van der Waals surface area contributed by atoms with Gasteiger partial charge in [-0.05, 0) is 232 Å². The van der Waals surface area contributed by atoms with Crippen LogP contribution in [0, 0.1) is 0 Å². The lowest BCUT2D eigenvalue weighted by Gasteiger charge is -2.47. The molecular weight excluding hydrogens is 2070 g/mol. The number of rotatable bonds is 28. The van der Waals surface area contributed by atoms with Crippen LogP contribution in [0.5, 0.6) is 0 Å². The molecule has 0 aromatic carbocycles. The third kappa shape index (κ3) is 16.5. The molecule has 20 aromatic rings. The van der Waals surface area contributed by atoms with Crippen LogP contribution < -0.4 is 27.0 Å². The molecule has 0 N–H and O–H groups in total. The molecule has 0 aliphatic rings. The van der Waals surface area contributed by atoms with E-state index in [1.807, 2.05) is 159 Å². The summed E-state index contributed by atoms with van der Waals surface area (Å²) in [6.07, 6.45) is 0. The van der Waals surface area contributed by atoms with Crippen molar-refractivity contribution in [2.75, 3.05) is 0 Å². The SMILES string of the molecule is C[Si](C)(c1ccc(-c2ccc(-c3ccc(-c4ccc(-c5cccs5)s4)s3)s2)s1)[Si](C)(C)[Si](C)(C)c1ccc(-c2ccc(-c3ccc(-c4ccc(-c5ccc([Si](C)(C)[Si](C)(C)[Si](C)(C)c6ccc(-c7ccc(-c8ccc(-c9ccc(-c%10ccc([Si](C)(C)[Si](C)(C)[Si](C)(C)c%11ccc(-c%12ccc(-c%13ccc(-c%14ccc(-c%15cccs%15)s%14)s%13)s%12)s%11)s%10)s9)s8)s7)s6)s5)s4)s3)s2)s1. The molecule has 20 rings (SSSR count). The third-order valence-electron chi connectivity index (χ3n) is 28.9. The van der Waals surface area contributed by atoms with Crippen LogP contribution in [0.3, 0.4) is 0 Å². The van der Waals surface area contributed by atoms with Crippen LogP contribution in [0.25, 0.3) is 156 Å². The van der Waals surface area contributed by atoms with Gasteiger partial charge in [-0.2, -0.15) is 0 Å². The van der Waals surface area contributed by atoms with Crippen molar-refractivity contribution in [2.45, 2.75) is 118 Å². The molecule has 0 atom stereocenters. The highest BCUT2D eigenvalue weighted by molar-refractivity contribution is 7.78. The standard InChI is InChI=1S/C98H96S20Si9/c1-119(2,93-53-47-87(113-93)81-41-35-75(107-81)69-29-27-67(103-69)65-25-23-63(101-65)61-21-19-59-99-61)125(13,14)121(5,6)95-55-49-89(115-95)83-43-37-77(109-83)71-31-33-73(105-71)79-39-45-85(111-79)91-51-57-97(117-91)123(9,10)127(17,18)124(11,12)98-58-52-92(118-98)86-46-40-80(112-86)74-34-32-72(106-74)78-38-44-84(110-78)90-50-56-96(116-90)122(7,8)126(15,16)120(3,4)94-54-48-88(114-94)82-42-36-76(108-82)70-30-28-68(104-70)66-26-24-64(102-66)62-22-20-60-100-62/h19-60H,1-18H3. The second-order valence-corrected chi connectivity index (χ2v) is 143. The van der Waals surface area contributed by atoms with Gasteiger partial charge >= 0.3 is 0 Å². The van der Waals surface area contributed by atoms with Gasteiger partial charge in [-0.3, -0.25) is 0 Å². The van der Waals surface area contributed by atoms with Crippen LogP contribution >= 0.6 is 227 Å². The summed E-state index contributed by atoms with van der Waals surface area (Å²) in [5.74, 6) is 0. The van der Waals surface area contributed by atoms with Crippen molar-refractivity contribution in [1.29, 1.82) is 0 Å². The average Bonchev–Trinajstić information content (AvgIpc) is 1.69. The molecule has 0 saturated heterocycles. The monoisotopic (exact) mass is 2160 g/mol. The predicted molar refractivity (Wildman–Crippen MR) is 625 cm³/mol. The summed E-state index contributed by atoms with van der Waals surface area (Å²) in [7, 11) is -16.4. The molecule has 0 radical (unpaired) electrons. The van der Waals surface area contributed by atoms with Gasteiger partial charge in [-0.1, -0.05) is 166 Å². The van der Waals surface area contributed by atoms with Crippen LogP contribution in [-0.2, 0) is 0 Å². The molecule has 20 aromatic heterocycles. The lowest BCUT2D eigenvalue weighted by atomic mass is 10.3. The minimum atomic E-state index is -1.87. The molecule has 0 unspecified atom stereocenters. The molecule has 0 fully saturated rings. The average molecular weight is 2170 g/mol. The Hall–Kier alpha value is -4.05. The Morgan fingerprint density at radius 1 is 0.118 bits per heavy atom. The van der Waals surface area contributed by atoms with Crippen LogP contribution in [0.4, 0.5) is 0 Å². The molecule has 0 aliphatic carbocycles. The normalized spacial score (nSPS) is 13.1. The van der Waals surface area contributed by atoms with E-state index in [0.717, 1.165) is 0 Å². The van der Waals surface area contributed by atoms with Crippen molar-refractivity contribution in [1.82, 2.24) is 0 Å². The summed E-state index contributed by atoms with van der Waals surface area (Å²) in [6.45, 7) is 49.2. The molecule has 0 spiro atoms. The van der Waals surface area contributed by atoms with Crippen molar-refractivity contribution in [3.05, 3.63) is 253 Å². The molecule has 0 bridgehead atoms. The molecule has 0 nitrogen and oxygen atoms in total. The first-order chi connectivity index (χ1) is 60.6. The Labute approximate surface area is 836 Å². The molecule has 644 valence electrons. The fourth-order valence-corrected chi connectivity index (χ4v) is 154. The van der Waals surface area contributed by atoms with E-state index in [9.17, 15) is 0 Å². The van der Waals surface area contributed by atoms with Crippen molar-refractivity contribution >= 4 is 321 Å². The molecule has 0 aliphatic heterocycles. The summed E-state index contributed by atoms with van der Waals surface area (Å²) in [5.41, 5.74) is 0. The van der Waals surface area contributed by atoms with Gasteiger partial charge in [-0.15, -0.1) is 227 Å². The maximum atomic E-state index is 2.78. The first kappa shape index (κ1) is 90.7. The van der Waals surface area contributed by atoms with E-state index in [0.29, 0.717) is 0 Å². The maximum Gasteiger partial charge on any atom is 0.0844 e. The van der Waals surface area contributed by atoms with Crippen LogP contribution in [0.15, 0.2) is 253 Å². The zero-order chi connectivity index (χ0) is 88.3. The van der Waals surface area contributed by atoms with Crippen LogP contribution in [0.1, 0.15) is 0 Å². The van der Waals surface area contributed by atoms with E-state index in [1.54, 1.807) is 27.0 Å². The first-order valence-corrected chi connectivity index (χ1v) is 92.0. The lowest BCUT2D eigenvalue weighted by molar-refractivity contribution is 1.78. The van der Waals surface area contributed by atoms with Gasteiger partial charge in [0.15, 0.2) is 0 Å². The molecule has 0 amide bonds. The van der Waals surface area contributed by atoms with E-state index in [-0.39, 0.29) is 0 Å². The van der Waals surface area contributed by atoms with E-state index in [4.69, 9.17) is 0 Å². The summed E-state index contributed by atoms with van der Waals surface area (Å²) < 4.78 is 10.1. The van der Waals surface area contributed by atoms with Crippen LogP contribution in [-0.4, -0.2) is 66.9 Å². The minimum absolute atomic E-state index is 1.35. The van der Waals surface area contributed by atoms with E-state index < -0.39 is 66.9 Å². The highest BCUT2D eigenvalue weighted by atomic mass is 32.2. The zero-order valence-electron chi connectivity index (χ0n) is 73.9. The number of hydrogen-bond acceptors (Lipinski definition) is 20. The number of thiophene rings is 20. The Morgan fingerprint density at radius 2 is 0.220 bits per heavy atom. The van der Waals surface area contributed by atoms with Gasteiger partial charge in [0.1, 0.15) is 0 Å². The van der Waals surface area contributed by atoms with Gasteiger partial charge in [0.25, 0.3) is 0 Å². The zero-order valence-corrected chi connectivity index (χ0v) is 99.2.